The zero-order valence-electron chi connectivity index (χ0n) is 21.4. The molecule has 1 aliphatic rings. The van der Waals surface area contributed by atoms with E-state index in [1.54, 1.807) is 59.1 Å². The topological polar surface area (TPSA) is 106 Å². The van der Waals surface area contributed by atoms with Gasteiger partial charge in [0, 0.05) is 24.0 Å². The van der Waals surface area contributed by atoms with Gasteiger partial charge in [-0.05, 0) is 55.6 Å². The molecule has 1 atom stereocenters. The number of thiazole rings is 1. The number of hydrogen-bond acceptors (Lipinski definition) is 8. The summed E-state index contributed by atoms with van der Waals surface area (Å²) < 4.78 is 49.9. The number of alkyl halides is 3. The van der Waals surface area contributed by atoms with Crippen LogP contribution in [0.5, 0.6) is 11.5 Å². The first kappa shape index (κ1) is 27.5. The maximum Gasteiger partial charge on any atom is 0.422 e. The van der Waals surface area contributed by atoms with Crippen molar-refractivity contribution in [2.45, 2.75) is 25.4 Å². The Morgan fingerprint density at radius 2 is 1.98 bits per heavy atom. The molecule has 12 heteroatoms. The molecule has 2 aromatic heterocycles. The number of nitrogens with zero attached hydrogens (tertiary/aromatic N) is 4. The minimum absolute atomic E-state index is 0.0354. The first-order valence-electron chi connectivity index (χ1n) is 12.7. The van der Waals surface area contributed by atoms with Crippen molar-refractivity contribution in [2.24, 2.45) is 11.7 Å². The smallest absolute Gasteiger partial charge is 0.422 e. The van der Waals surface area contributed by atoms with Crippen molar-refractivity contribution in [1.29, 1.82) is 0 Å². The highest BCUT2D eigenvalue weighted by Gasteiger charge is 2.41. The molecule has 0 radical (unpaired) electrons. The van der Waals surface area contributed by atoms with E-state index in [2.05, 4.69) is 20.5 Å². The molecule has 2 aromatic carbocycles. The standard InChI is InChI=1S/C28H27F3N6O2S/c29-28(30,31)25-23(39-21-6-2-1-3-7-21)9-8-22(26(25)37-12-4-5-18(14-32)16-37)36-24(38)13-20-17-40-27(35-20)19-10-11-33-34-15-19/h1-3,6-11,15,17-18H,4-5,12-14,16,32H2,(H,36,38)/t18-/m1/s1. The third-order valence-electron chi connectivity index (χ3n) is 6.56. The molecule has 0 saturated carbocycles. The van der Waals surface area contributed by atoms with E-state index in [0.29, 0.717) is 36.8 Å². The molecule has 40 heavy (non-hydrogen) atoms. The van der Waals surface area contributed by atoms with Gasteiger partial charge < -0.3 is 20.7 Å². The summed E-state index contributed by atoms with van der Waals surface area (Å²) >= 11 is 1.34. The van der Waals surface area contributed by atoms with Crippen LogP contribution in [0.4, 0.5) is 24.5 Å². The molecule has 0 bridgehead atoms. The summed E-state index contributed by atoms with van der Waals surface area (Å²) in [6.45, 7) is 1.10. The van der Waals surface area contributed by atoms with Crippen LogP contribution >= 0.6 is 11.3 Å². The number of piperidine rings is 1. The maximum absolute atomic E-state index is 14.7. The van der Waals surface area contributed by atoms with Gasteiger partial charge in [-0.3, -0.25) is 4.79 Å². The van der Waals surface area contributed by atoms with Crippen LogP contribution in [-0.4, -0.2) is 40.7 Å². The van der Waals surface area contributed by atoms with E-state index in [0.717, 1.165) is 12.0 Å². The highest BCUT2D eigenvalue weighted by Crippen LogP contribution is 2.48. The highest BCUT2D eigenvalue weighted by molar-refractivity contribution is 7.13. The van der Waals surface area contributed by atoms with Crippen molar-refractivity contribution in [3.8, 4) is 22.1 Å². The molecule has 1 saturated heterocycles. The van der Waals surface area contributed by atoms with Crippen molar-refractivity contribution in [3.05, 3.63) is 77.6 Å². The summed E-state index contributed by atoms with van der Waals surface area (Å²) in [5.74, 6) is -0.508. The van der Waals surface area contributed by atoms with Gasteiger partial charge in [0.15, 0.2) is 0 Å². The van der Waals surface area contributed by atoms with Gasteiger partial charge >= 0.3 is 6.18 Å². The molecule has 0 aliphatic carbocycles. The van der Waals surface area contributed by atoms with Crippen molar-refractivity contribution in [3.63, 3.8) is 0 Å². The van der Waals surface area contributed by atoms with Crippen molar-refractivity contribution >= 4 is 28.6 Å². The van der Waals surface area contributed by atoms with Crippen LogP contribution in [-0.2, 0) is 17.4 Å². The van der Waals surface area contributed by atoms with E-state index in [-0.39, 0.29) is 35.2 Å². The Labute approximate surface area is 233 Å². The molecule has 208 valence electrons. The number of benzene rings is 2. The average molecular weight is 569 g/mol. The minimum Gasteiger partial charge on any atom is -0.457 e. The van der Waals surface area contributed by atoms with Gasteiger partial charge in [-0.2, -0.15) is 23.4 Å². The number of nitrogens with one attached hydrogen (secondary N) is 1. The second-order valence-corrected chi connectivity index (χ2v) is 10.3. The predicted octanol–water partition coefficient (Wildman–Crippen LogP) is 5.77. The highest BCUT2D eigenvalue weighted by atomic mass is 32.1. The summed E-state index contributed by atoms with van der Waals surface area (Å²) in [6, 6.07) is 12.8. The van der Waals surface area contributed by atoms with E-state index in [9.17, 15) is 18.0 Å². The number of nitrogens with two attached hydrogens (primary N) is 1. The van der Waals surface area contributed by atoms with Crippen LogP contribution in [0.2, 0.25) is 0 Å². The Morgan fingerprint density at radius 3 is 2.70 bits per heavy atom. The summed E-state index contributed by atoms with van der Waals surface area (Å²) in [4.78, 5) is 19.2. The first-order chi connectivity index (χ1) is 19.3. The van der Waals surface area contributed by atoms with Gasteiger partial charge in [0.1, 0.15) is 22.1 Å². The van der Waals surface area contributed by atoms with Crippen molar-refractivity contribution < 1.29 is 22.7 Å². The number of rotatable bonds is 8. The molecule has 1 fully saturated rings. The Morgan fingerprint density at radius 1 is 1.15 bits per heavy atom. The lowest BCUT2D eigenvalue weighted by atomic mass is 9.96. The van der Waals surface area contributed by atoms with E-state index < -0.39 is 17.6 Å². The number of ether oxygens (including phenoxy) is 1. The van der Waals surface area contributed by atoms with E-state index in [1.807, 2.05) is 0 Å². The summed E-state index contributed by atoms with van der Waals surface area (Å²) in [5, 5.41) is 12.7. The number of carbonyl (C=O) groups is 1. The van der Waals surface area contributed by atoms with Crippen LogP contribution in [0.1, 0.15) is 24.1 Å². The SMILES string of the molecule is NC[C@H]1CCCN(c2c(NC(=O)Cc3csc(-c4ccnnc4)n3)ccc(Oc3ccccc3)c2C(F)(F)F)C1. The molecule has 3 N–H and O–H groups in total. The zero-order valence-corrected chi connectivity index (χ0v) is 22.2. The lowest BCUT2D eigenvalue weighted by molar-refractivity contribution is -0.138. The summed E-state index contributed by atoms with van der Waals surface area (Å²) in [6.07, 6.45) is -0.233. The van der Waals surface area contributed by atoms with Crippen LogP contribution < -0.4 is 20.7 Å². The van der Waals surface area contributed by atoms with Gasteiger partial charge in [-0.25, -0.2) is 4.98 Å². The Kier molecular flexibility index (Phi) is 8.27. The van der Waals surface area contributed by atoms with Gasteiger partial charge in [-0.1, -0.05) is 18.2 Å². The molecule has 0 spiro atoms. The largest absolute Gasteiger partial charge is 0.457 e. The second-order valence-electron chi connectivity index (χ2n) is 9.44. The molecule has 5 rings (SSSR count). The summed E-state index contributed by atoms with van der Waals surface area (Å²) in [5.41, 5.74) is 6.16. The molecule has 4 aromatic rings. The van der Waals surface area contributed by atoms with Gasteiger partial charge in [-0.15, -0.1) is 11.3 Å². The second kappa shape index (κ2) is 12.0. The number of halogens is 3. The number of hydrogen-bond donors (Lipinski definition) is 2. The number of anilines is 2. The quantitative estimate of drug-likeness (QED) is 0.278. The third kappa shape index (κ3) is 6.40. The lowest BCUT2D eigenvalue weighted by Gasteiger charge is -2.37. The Balaban J connectivity index is 1.48. The monoisotopic (exact) mass is 568 g/mol. The number of carbonyl (C=O) groups excluding carboxylic acids is 1. The van der Waals surface area contributed by atoms with E-state index in [4.69, 9.17) is 10.5 Å². The van der Waals surface area contributed by atoms with Crippen molar-refractivity contribution in [2.75, 3.05) is 29.9 Å². The molecular formula is C28H27F3N6O2S. The zero-order chi connectivity index (χ0) is 28.1. The number of amides is 1. The van der Waals surface area contributed by atoms with Crippen LogP contribution in [0.25, 0.3) is 10.6 Å². The average Bonchev–Trinajstić information content (AvgIpc) is 3.42. The van der Waals surface area contributed by atoms with Gasteiger partial charge in [0.2, 0.25) is 5.91 Å². The maximum atomic E-state index is 14.7. The van der Waals surface area contributed by atoms with E-state index in [1.165, 1.54) is 23.5 Å². The lowest BCUT2D eigenvalue weighted by Crippen LogP contribution is -2.40. The fourth-order valence-corrected chi connectivity index (χ4v) is 5.54. The molecule has 1 amide bonds. The van der Waals surface area contributed by atoms with Crippen molar-refractivity contribution in [1.82, 2.24) is 15.2 Å². The Hall–Kier alpha value is -4.03. The van der Waals surface area contributed by atoms with Crippen LogP contribution in [0.3, 0.4) is 0 Å². The molecule has 8 nitrogen and oxygen atoms in total. The van der Waals surface area contributed by atoms with Gasteiger partial charge in [0.25, 0.3) is 0 Å². The first-order valence-corrected chi connectivity index (χ1v) is 13.6. The Bertz CT molecular complexity index is 1450. The minimum atomic E-state index is -4.75. The molecule has 1 aliphatic heterocycles. The van der Waals surface area contributed by atoms with E-state index >= 15 is 0 Å². The van der Waals surface area contributed by atoms with Crippen LogP contribution in [0, 0.1) is 5.92 Å². The molecule has 0 unspecified atom stereocenters. The normalized spacial score (nSPS) is 15.6. The number of para-hydroxylation sites is 1. The predicted molar refractivity (Wildman–Crippen MR) is 147 cm³/mol. The fourth-order valence-electron chi connectivity index (χ4n) is 4.73. The molecular weight excluding hydrogens is 541 g/mol. The fraction of sp³-hybridized carbons (Fsp3) is 0.286. The third-order valence-corrected chi connectivity index (χ3v) is 7.50. The molecule has 3 heterocycles. The number of aromatic nitrogens is 3. The summed E-state index contributed by atoms with van der Waals surface area (Å²) in [7, 11) is 0. The van der Waals surface area contributed by atoms with Crippen LogP contribution in [0.15, 0.2) is 66.3 Å². The van der Waals surface area contributed by atoms with Gasteiger partial charge in [0.05, 0.1) is 35.9 Å².